The van der Waals surface area contributed by atoms with Gasteiger partial charge >= 0.3 is 0 Å². The van der Waals surface area contributed by atoms with Crippen LogP contribution in [-0.2, 0) is 9.59 Å². The number of hydrogen-bond acceptors (Lipinski definition) is 2. The van der Waals surface area contributed by atoms with Crippen molar-refractivity contribution in [2.45, 2.75) is 33.1 Å². The van der Waals surface area contributed by atoms with E-state index in [1.165, 1.54) is 18.6 Å². The molecule has 18 heavy (non-hydrogen) atoms. The molecule has 0 spiro atoms. The lowest BCUT2D eigenvalue weighted by atomic mass is 9.95. The highest BCUT2D eigenvalue weighted by molar-refractivity contribution is 6.22. The van der Waals surface area contributed by atoms with Crippen molar-refractivity contribution in [2.75, 3.05) is 0 Å². The van der Waals surface area contributed by atoms with Crippen LogP contribution in [0.5, 0.6) is 0 Å². The summed E-state index contributed by atoms with van der Waals surface area (Å²) in [6.45, 7) is 6.64. The molecule has 1 aromatic rings. The van der Waals surface area contributed by atoms with Gasteiger partial charge in [0.25, 0.3) is 0 Å². The zero-order valence-electron chi connectivity index (χ0n) is 11.2. The number of rotatable bonds is 2. The quantitative estimate of drug-likeness (QED) is 0.746. The van der Waals surface area contributed by atoms with E-state index in [9.17, 15) is 9.59 Å². The summed E-state index contributed by atoms with van der Waals surface area (Å²) in [4.78, 5) is 22.6. The summed E-state index contributed by atoms with van der Waals surface area (Å²) >= 11 is 0. The highest BCUT2D eigenvalue weighted by atomic mass is 16.2. The van der Waals surface area contributed by atoms with Gasteiger partial charge in [-0.25, -0.2) is 0 Å². The zero-order valence-corrected chi connectivity index (χ0v) is 11.2. The molecule has 2 nitrogen and oxygen atoms in total. The smallest absolute Gasteiger partial charge is 0.171 e. The lowest BCUT2D eigenvalue weighted by Crippen LogP contribution is -2.12. The molecule has 0 atom stereocenters. The highest BCUT2D eigenvalue weighted by Crippen LogP contribution is 2.22. The van der Waals surface area contributed by atoms with Crippen molar-refractivity contribution in [3.05, 3.63) is 48.0 Å². The van der Waals surface area contributed by atoms with Crippen LogP contribution in [0.25, 0.3) is 0 Å². The maximum atomic E-state index is 11.3. The van der Waals surface area contributed by atoms with Gasteiger partial charge in [-0.15, -0.1) is 0 Å². The Morgan fingerprint density at radius 2 is 1.44 bits per heavy atom. The van der Waals surface area contributed by atoms with E-state index in [4.69, 9.17) is 0 Å². The number of benzene rings is 1. The molecule has 0 heterocycles. The van der Waals surface area contributed by atoms with Crippen LogP contribution < -0.4 is 0 Å². The van der Waals surface area contributed by atoms with Crippen molar-refractivity contribution < 1.29 is 9.59 Å². The fourth-order valence-electron chi connectivity index (χ4n) is 1.47. The van der Waals surface area contributed by atoms with Crippen LogP contribution in [0.1, 0.15) is 38.7 Å². The van der Waals surface area contributed by atoms with Crippen molar-refractivity contribution >= 4 is 11.6 Å². The third-order valence-corrected chi connectivity index (χ3v) is 2.93. The molecule has 0 saturated carbocycles. The van der Waals surface area contributed by atoms with E-state index in [1.54, 1.807) is 12.1 Å². The van der Waals surface area contributed by atoms with Gasteiger partial charge in [0.1, 0.15) is 5.92 Å². The molecule has 0 N–H and O–H groups in total. The first-order chi connectivity index (χ1) is 8.56. The first kappa shape index (κ1) is 14.4. The molecule has 0 aliphatic heterocycles. The van der Waals surface area contributed by atoms with Crippen LogP contribution in [0.2, 0.25) is 0 Å². The molecule has 1 aliphatic rings. The van der Waals surface area contributed by atoms with Gasteiger partial charge in [0, 0.05) is 0 Å². The van der Waals surface area contributed by atoms with E-state index in [2.05, 4.69) is 20.8 Å². The molecule has 1 aromatic carbocycles. The maximum Gasteiger partial charge on any atom is 0.171 e. The Labute approximate surface area is 109 Å². The SMILES string of the molecule is CCC(C)C.O=C1C=CC(=O)C1c1ccccc1. The average Bonchev–Trinajstić information content (AvgIpc) is 2.71. The fourth-order valence-corrected chi connectivity index (χ4v) is 1.47. The molecule has 0 bridgehead atoms. The molecule has 0 saturated heterocycles. The largest absolute Gasteiger partial charge is 0.294 e. The van der Waals surface area contributed by atoms with Crippen LogP contribution in [0.3, 0.4) is 0 Å². The minimum Gasteiger partial charge on any atom is -0.294 e. The van der Waals surface area contributed by atoms with E-state index >= 15 is 0 Å². The summed E-state index contributed by atoms with van der Waals surface area (Å²) in [6.07, 6.45) is 4.00. The summed E-state index contributed by atoms with van der Waals surface area (Å²) in [5.74, 6) is 0.0728. The Kier molecular flexibility index (Phi) is 5.50. The van der Waals surface area contributed by atoms with Gasteiger partial charge < -0.3 is 0 Å². The van der Waals surface area contributed by atoms with E-state index < -0.39 is 5.92 Å². The molecule has 0 aromatic heterocycles. The van der Waals surface area contributed by atoms with Crippen LogP contribution in [0.15, 0.2) is 42.5 Å². The lowest BCUT2D eigenvalue weighted by molar-refractivity contribution is -0.122. The summed E-state index contributed by atoms with van der Waals surface area (Å²) in [6, 6.07) is 9.12. The summed E-state index contributed by atoms with van der Waals surface area (Å²) in [5, 5.41) is 0. The number of ketones is 2. The zero-order chi connectivity index (χ0) is 13.5. The lowest BCUT2D eigenvalue weighted by Gasteiger charge is -2.05. The van der Waals surface area contributed by atoms with Crippen molar-refractivity contribution in [1.29, 1.82) is 0 Å². The van der Waals surface area contributed by atoms with E-state index in [0.717, 1.165) is 11.5 Å². The minimum atomic E-state index is -0.582. The Morgan fingerprint density at radius 3 is 1.83 bits per heavy atom. The van der Waals surface area contributed by atoms with E-state index in [-0.39, 0.29) is 11.6 Å². The van der Waals surface area contributed by atoms with Gasteiger partial charge in [-0.05, 0) is 23.6 Å². The molecule has 96 valence electrons. The monoisotopic (exact) mass is 244 g/mol. The number of hydrogen-bond donors (Lipinski definition) is 0. The van der Waals surface area contributed by atoms with Gasteiger partial charge in [0.15, 0.2) is 11.6 Å². The predicted octanol–water partition coefficient (Wildman–Crippen LogP) is 3.53. The second-order valence-corrected chi connectivity index (χ2v) is 4.78. The second-order valence-electron chi connectivity index (χ2n) is 4.78. The van der Waals surface area contributed by atoms with E-state index in [0.29, 0.717) is 0 Å². The first-order valence-electron chi connectivity index (χ1n) is 6.37. The molecule has 0 radical (unpaired) electrons. The highest BCUT2D eigenvalue weighted by Gasteiger charge is 2.29. The first-order valence-corrected chi connectivity index (χ1v) is 6.37. The fraction of sp³-hybridized carbons (Fsp3) is 0.375. The van der Waals surface area contributed by atoms with Crippen LogP contribution in [0, 0.1) is 5.92 Å². The predicted molar refractivity (Wildman–Crippen MR) is 73.5 cm³/mol. The van der Waals surface area contributed by atoms with Crippen LogP contribution >= 0.6 is 0 Å². The topological polar surface area (TPSA) is 34.1 Å². The Balaban J connectivity index is 0.000000280. The molecule has 2 heteroatoms. The second kappa shape index (κ2) is 6.90. The molecule has 2 rings (SSSR count). The third kappa shape index (κ3) is 3.95. The summed E-state index contributed by atoms with van der Waals surface area (Å²) in [5.41, 5.74) is 0.780. The van der Waals surface area contributed by atoms with Crippen molar-refractivity contribution in [2.24, 2.45) is 5.92 Å². The standard InChI is InChI=1S/C11H8O2.C5H12/c12-9-6-7-10(13)11(9)8-4-2-1-3-5-8;1-4-5(2)3/h1-7,11H;5H,4H2,1-3H3. The third-order valence-electron chi connectivity index (χ3n) is 2.93. The molecule has 0 amide bonds. The number of carbonyl (C=O) groups is 2. The summed E-state index contributed by atoms with van der Waals surface area (Å²) < 4.78 is 0. The Hall–Kier alpha value is -1.70. The Morgan fingerprint density at radius 1 is 1.00 bits per heavy atom. The van der Waals surface area contributed by atoms with Crippen LogP contribution in [-0.4, -0.2) is 11.6 Å². The molecular formula is C16H20O2. The normalized spacial score (nSPS) is 14.9. The van der Waals surface area contributed by atoms with Crippen molar-refractivity contribution in [3.8, 4) is 0 Å². The van der Waals surface area contributed by atoms with Gasteiger partial charge in [-0.1, -0.05) is 57.5 Å². The molecule has 1 aliphatic carbocycles. The Bertz CT molecular complexity index is 412. The van der Waals surface area contributed by atoms with Gasteiger partial charge in [0.05, 0.1) is 0 Å². The number of carbonyl (C=O) groups excluding carboxylic acids is 2. The average molecular weight is 244 g/mol. The maximum absolute atomic E-state index is 11.3. The van der Waals surface area contributed by atoms with Crippen molar-refractivity contribution in [1.82, 2.24) is 0 Å². The molecule has 0 fully saturated rings. The van der Waals surface area contributed by atoms with Crippen LogP contribution in [0.4, 0.5) is 0 Å². The van der Waals surface area contributed by atoms with Gasteiger partial charge in [-0.2, -0.15) is 0 Å². The van der Waals surface area contributed by atoms with Crippen molar-refractivity contribution in [3.63, 3.8) is 0 Å². The number of allylic oxidation sites excluding steroid dienone is 2. The van der Waals surface area contributed by atoms with Gasteiger partial charge in [0.2, 0.25) is 0 Å². The van der Waals surface area contributed by atoms with Gasteiger partial charge in [-0.3, -0.25) is 9.59 Å². The minimum absolute atomic E-state index is 0.115. The molecular weight excluding hydrogens is 224 g/mol. The summed E-state index contributed by atoms with van der Waals surface area (Å²) in [7, 11) is 0. The molecule has 0 unspecified atom stereocenters. The van der Waals surface area contributed by atoms with E-state index in [1.807, 2.05) is 18.2 Å².